The molecule has 2 aromatic rings. The summed E-state index contributed by atoms with van der Waals surface area (Å²) in [4.78, 5) is 3.56. The van der Waals surface area contributed by atoms with Crippen molar-refractivity contribution in [1.29, 1.82) is 0 Å². The van der Waals surface area contributed by atoms with Crippen LogP contribution in [0, 0.1) is 0 Å². The third kappa shape index (κ3) is 3.08. The molecule has 6 heteroatoms. The molecular formula is C18H22N2O2S2. The van der Waals surface area contributed by atoms with Crippen LogP contribution in [0.4, 0.5) is 0 Å². The van der Waals surface area contributed by atoms with E-state index in [1.54, 1.807) is 25.6 Å². The Morgan fingerprint density at radius 3 is 2.71 bits per heavy atom. The molecule has 128 valence electrons. The Kier molecular flexibility index (Phi) is 5.26. The molecule has 1 N–H and O–H groups in total. The van der Waals surface area contributed by atoms with Crippen molar-refractivity contribution in [2.45, 2.75) is 19.4 Å². The fourth-order valence-corrected chi connectivity index (χ4v) is 4.37. The molecule has 0 radical (unpaired) electrons. The number of fused-ring (bicyclic) bond motifs is 1. The average Bonchev–Trinajstić information content (AvgIpc) is 3.13. The molecule has 0 saturated carbocycles. The van der Waals surface area contributed by atoms with Crippen LogP contribution in [0.3, 0.4) is 0 Å². The van der Waals surface area contributed by atoms with Crippen molar-refractivity contribution in [3.05, 3.63) is 45.6 Å². The van der Waals surface area contributed by atoms with E-state index in [1.165, 1.54) is 16.0 Å². The zero-order valence-corrected chi connectivity index (χ0v) is 15.8. The molecule has 0 saturated heterocycles. The Labute approximate surface area is 152 Å². The predicted molar refractivity (Wildman–Crippen MR) is 102 cm³/mol. The number of methoxy groups -OCH3 is 2. The number of thiophene rings is 1. The van der Waals surface area contributed by atoms with Crippen LogP contribution in [0.5, 0.6) is 11.5 Å². The molecule has 1 aliphatic heterocycles. The van der Waals surface area contributed by atoms with Crippen molar-refractivity contribution in [2.24, 2.45) is 0 Å². The summed E-state index contributed by atoms with van der Waals surface area (Å²) in [5.74, 6) is 1.54. The summed E-state index contributed by atoms with van der Waals surface area (Å²) < 4.78 is 11.0. The molecule has 0 bridgehead atoms. The second-order valence-corrected chi connectivity index (χ2v) is 6.97. The fourth-order valence-electron chi connectivity index (χ4n) is 3.17. The normalized spacial score (nSPS) is 16.5. The number of rotatable bonds is 4. The lowest BCUT2D eigenvalue weighted by Crippen LogP contribution is -2.45. The smallest absolute Gasteiger partial charge is 0.169 e. The lowest BCUT2D eigenvalue weighted by Gasteiger charge is -2.39. The van der Waals surface area contributed by atoms with Crippen molar-refractivity contribution < 1.29 is 9.47 Å². The van der Waals surface area contributed by atoms with Gasteiger partial charge in [0.25, 0.3) is 0 Å². The molecule has 3 rings (SSSR count). The van der Waals surface area contributed by atoms with Gasteiger partial charge in [-0.2, -0.15) is 0 Å². The van der Waals surface area contributed by atoms with E-state index in [2.05, 4.69) is 46.8 Å². The summed E-state index contributed by atoms with van der Waals surface area (Å²) in [6.07, 6.45) is 0.934. The third-order valence-electron chi connectivity index (χ3n) is 4.28. The van der Waals surface area contributed by atoms with Crippen LogP contribution < -0.4 is 14.8 Å². The molecule has 2 heterocycles. The lowest BCUT2D eigenvalue weighted by atomic mass is 9.91. The topological polar surface area (TPSA) is 33.7 Å². The molecule has 24 heavy (non-hydrogen) atoms. The van der Waals surface area contributed by atoms with Crippen LogP contribution in [0.25, 0.3) is 0 Å². The maximum Gasteiger partial charge on any atom is 0.169 e. The van der Waals surface area contributed by atoms with Crippen molar-refractivity contribution >= 4 is 28.7 Å². The Morgan fingerprint density at radius 1 is 1.33 bits per heavy atom. The minimum Gasteiger partial charge on any atom is -0.493 e. The second kappa shape index (κ2) is 7.40. The van der Waals surface area contributed by atoms with E-state index in [0.29, 0.717) is 0 Å². The molecule has 4 nitrogen and oxygen atoms in total. The zero-order valence-electron chi connectivity index (χ0n) is 14.2. The molecule has 1 atom stereocenters. The van der Waals surface area contributed by atoms with Gasteiger partial charge in [0.1, 0.15) is 0 Å². The van der Waals surface area contributed by atoms with Crippen LogP contribution in [0.2, 0.25) is 0 Å². The van der Waals surface area contributed by atoms with Gasteiger partial charge in [-0.15, -0.1) is 11.3 Å². The first-order valence-corrected chi connectivity index (χ1v) is 9.31. The van der Waals surface area contributed by atoms with E-state index in [1.807, 2.05) is 0 Å². The second-order valence-electron chi connectivity index (χ2n) is 5.60. The van der Waals surface area contributed by atoms with Gasteiger partial charge >= 0.3 is 0 Å². The maximum atomic E-state index is 5.63. The van der Waals surface area contributed by atoms with Gasteiger partial charge in [0.05, 0.1) is 20.3 Å². The van der Waals surface area contributed by atoms with Gasteiger partial charge in [0, 0.05) is 18.0 Å². The third-order valence-corrected chi connectivity index (χ3v) is 5.58. The Morgan fingerprint density at radius 2 is 2.08 bits per heavy atom. The quantitative estimate of drug-likeness (QED) is 0.841. The molecule has 0 unspecified atom stereocenters. The van der Waals surface area contributed by atoms with E-state index in [-0.39, 0.29) is 6.04 Å². The summed E-state index contributed by atoms with van der Waals surface area (Å²) in [6.45, 7) is 3.78. The number of hydrogen-bond acceptors (Lipinski definition) is 4. The molecule has 1 aromatic carbocycles. The number of benzene rings is 1. The van der Waals surface area contributed by atoms with Crippen molar-refractivity contribution in [1.82, 2.24) is 10.2 Å². The number of hydrogen-bond donors (Lipinski definition) is 1. The summed E-state index contributed by atoms with van der Waals surface area (Å²) in [6, 6.07) is 8.56. The van der Waals surface area contributed by atoms with Crippen LogP contribution in [-0.4, -0.2) is 37.3 Å². The SMILES string of the molecule is CCNC(=S)N1CCc2cc(OC)c(OC)cc2[C@H]1c1cccs1. The predicted octanol–water partition coefficient (Wildman–Crippen LogP) is 3.61. The van der Waals surface area contributed by atoms with Gasteiger partial charge in [-0.1, -0.05) is 6.07 Å². The van der Waals surface area contributed by atoms with Gasteiger partial charge in [-0.3, -0.25) is 0 Å². The number of nitrogens with zero attached hydrogens (tertiary/aromatic N) is 1. The molecule has 0 amide bonds. The summed E-state index contributed by atoms with van der Waals surface area (Å²) >= 11 is 7.38. The molecule has 0 spiro atoms. The first-order chi connectivity index (χ1) is 11.7. The number of thiocarbonyl (C=S) groups is 1. The van der Waals surface area contributed by atoms with Crippen molar-refractivity contribution in [2.75, 3.05) is 27.3 Å². The highest BCUT2D eigenvalue weighted by molar-refractivity contribution is 7.80. The van der Waals surface area contributed by atoms with Crippen molar-refractivity contribution in [3.63, 3.8) is 0 Å². The number of ether oxygens (including phenoxy) is 2. The van der Waals surface area contributed by atoms with E-state index >= 15 is 0 Å². The Bertz CT molecular complexity index is 716. The van der Waals surface area contributed by atoms with Crippen LogP contribution in [0.1, 0.15) is 29.0 Å². The van der Waals surface area contributed by atoms with Gasteiger partial charge in [-0.25, -0.2) is 0 Å². The monoisotopic (exact) mass is 362 g/mol. The highest BCUT2D eigenvalue weighted by Gasteiger charge is 2.32. The van der Waals surface area contributed by atoms with E-state index in [0.717, 1.165) is 36.1 Å². The highest BCUT2D eigenvalue weighted by Crippen LogP contribution is 2.42. The van der Waals surface area contributed by atoms with Gasteiger partial charge in [0.2, 0.25) is 0 Å². The standard InChI is InChI=1S/C18H22N2O2S2/c1-4-19-18(23)20-8-7-12-10-14(21-2)15(22-3)11-13(12)17(20)16-6-5-9-24-16/h5-6,9-11,17H,4,7-8H2,1-3H3,(H,19,23)/t17-/m0/s1. The first kappa shape index (κ1) is 17.0. The minimum absolute atomic E-state index is 0.111. The lowest BCUT2D eigenvalue weighted by molar-refractivity contribution is 0.327. The van der Waals surface area contributed by atoms with Crippen LogP contribution in [0.15, 0.2) is 29.6 Å². The highest BCUT2D eigenvalue weighted by atomic mass is 32.1. The van der Waals surface area contributed by atoms with E-state index < -0.39 is 0 Å². The maximum absolute atomic E-state index is 5.63. The number of nitrogens with one attached hydrogen (secondary N) is 1. The van der Waals surface area contributed by atoms with E-state index in [4.69, 9.17) is 21.7 Å². The van der Waals surface area contributed by atoms with Crippen LogP contribution in [-0.2, 0) is 6.42 Å². The van der Waals surface area contributed by atoms with Gasteiger partial charge in [0.15, 0.2) is 16.6 Å². The Hall–Kier alpha value is -1.79. The van der Waals surface area contributed by atoms with Crippen molar-refractivity contribution in [3.8, 4) is 11.5 Å². The molecule has 0 fully saturated rings. The average molecular weight is 363 g/mol. The molecular weight excluding hydrogens is 340 g/mol. The largest absolute Gasteiger partial charge is 0.493 e. The summed E-state index contributed by atoms with van der Waals surface area (Å²) in [5, 5.41) is 6.21. The van der Waals surface area contributed by atoms with Gasteiger partial charge < -0.3 is 19.7 Å². The molecule has 1 aromatic heterocycles. The fraction of sp³-hybridized carbons (Fsp3) is 0.389. The van der Waals surface area contributed by atoms with Gasteiger partial charge in [-0.05, 0) is 60.3 Å². The Balaban J connectivity index is 2.10. The van der Waals surface area contributed by atoms with E-state index in [9.17, 15) is 0 Å². The molecule has 0 aliphatic carbocycles. The summed E-state index contributed by atoms with van der Waals surface area (Å²) in [5.41, 5.74) is 2.53. The summed E-state index contributed by atoms with van der Waals surface area (Å²) in [7, 11) is 3.35. The van der Waals surface area contributed by atoms with Crippen LogP contribution >= 0.6 is 23.6 Å². The minimum atomic E-state index is 0.111. The first-order valence-electron chi connectivity index (χ1n) is 8.02. The zero-order chi connectivity index (χ0) is 17.1. The molecule has 1 aliphatic rings.